The number of aryl methyl sites for hydroxylation is 1. The fourth-order valence-electron chi connectivity index (χ4n) is 2.59. The van der Waals surface area contributed by atoms with Gasteiger partial charge in [-0.25, -0.2) is 9.37 Å². The van der Waals surface area contributed by atoms with Gasteiger partial charge in [0.25, 0.3) is 5.91 Å². The topological polar surface area (TPSA) is 84.2 Å². The Morgan fingerprint density at radius 2 is 2.07 bits per heavy atom. The first-order valence-corrected chi connectivity index (χ1v) is 9.15. The first-order chi connectivity index (χ1) is 12.9. The summed E-state index contributed by atoms with van der Waals surface area (Å²) in [5, 5.41) is 7.52. The average Bonchev–Trinajstić information content (AvgIpc) is 3.23. The van der Waals surface area contributed by atoms with Gasteiger partial charge in [0, 0.05) is 10.9 Å². The Balaban J connectivity index is 1.57. The normalized spacial score (nSPS) is 11.8. The summed E-state index contributed by atoms with van der Waals surface area (Å²) in [7, 11) is 0. The Kier molecular flexibility index (Phi) is 5.66. The highest BCUT2D eigenvalue weighted by atomic mass is 32.1. The van der Waals surface area contributed by atoms with Gasteiger partial charge in [-0.2, -0.15) is 0 Å². The van der Waals surface area contributed by atoms with Crippen LogP contribution < -0.4 is 10.6 Å². The van der Waals surface area contributed by atoms with Crippen LogP contribution in [0.1, 0.15) is 40.3 Å². The zero-order valence-electron chi connectivity index (χ0n) is 14.8. The number of halogens is 1. The number of aromatic nitrogens is 1. The number of nitrogens with one attached hydrogen (secondary N) is 2. The molecule has 0 aliphatic carbocycles. The van der Waals surface area contributed by atoms with E-state index in [-0.39, 0.29) is 24.1 Å². The summed E-state index contributed by atoms with van der Waals surface area (Å²) in [4.78, 5) is 28.6. The SMILES string of the molecule is Cc1occc1C(=O)Nc1nc(CC(=O)N[C@H](C)c2ccccc2F)cs1. The van der Waals surface area contributed by atoms with Crippen LogP contribution in [0, 0.1) is 12.7 Å². The molecule has 0 radical (unpaired) electrons. The van der Waals surface area contributed by atoms with Crippen LogP contribution in [0.25, 0.3) is 0 Å². The lowest BCUT2D eigenvalue weighted by molar-refractivity contribution is -0.121. The summed E-state index contributed by atoms with van der Waals surface area (Å²) in [5.41, 5.74) is 1.38. The highest BCUT2D eigenvalue weighted by Crippen LogP contribution is 2.19. The number of hydrogen-bond acceptors (Lipinski definition) is 5. The lowest BCUT2D eigenvalue weighted by atomic mass is 10.1. The summed E-state index contributed by atoms with van der Waals surface area (Å²) in [6.45, 7) is 3.42. The van der Waals surface area contributed by atoms with Crippen LogP contribution in [0.15, 0.2) is 46.4 Å². The van der Waals surface area contributed by atoms with E-state index in [2.05, 4.69) is 15.6 Å². The van der Waals surface area contributed by atoms with E-state index < -0.39 is 6.04 Å². The number of carbonyl (C=O) groups excluding carboxylic acids is 2. The minimum Gasteiger partial charge on any atom is -0.469 e. The second kappa shape index (κ2) is 8.13. The predicted molar refractivity (Wildman–Crippen MR) is 100 cm³/mol. The van der Waals surface area contributed by atoms with Crippen LogP contribution in [-0.2, 0) is 11.2 Å². The van der Waals surface area contributed by atoms with E-state index in [1.807, 2.05) is 0 Å². The van der Waals surface area contributed by atoms with Gasteiger partial charge >= 0.3 is 0 Å². The van der Waals surface area contributed by atoms with E-state index in [9.17, 15) is 14.0 Å². The standard InChI is InChI=1S/C19H18FN3O3S/c1-11(14-5-3-4-6-16(14)20)21-17(24)9-13-10-27-19(22-13)23-18(25)15-7-8-26-12(15)2/h3-8,10-11H,9H2,1-2H3,(H,21,24)(H,22,23,25)/t11-/m1/s1. The van der Waals surface area contributed by atoms with Gasteiger partial charge in [-0.05, 0) is 26.0 Å². The Bertz CT molecular complexity index is 967. The molecule has 0 saturated carbocycles. The van der Waals surface area contributed by atoms with E-state index in [1.54, 1.807) is 43.5 Å². The van der Waals surface area contributed by atoms with Crippen molar-refractivity contribution in [1.29, 1.82) is 0 Å². The van der Waals surface area contributed by atoms with Gasteiger partial charge in [0.05, 0.1) is 30.0 Å². The fourth-order valence-corrected chi connectivity index (χ4v) is 3.30. The largest absolute Gasteiger partial charge is 0.469 e. The highest BCUT2D eigenvalue weighted by molar-refractivity contribution is 7.14. The average molecular weight is 387 g/mol. The van der Waals surface area contributed by atoms with Crippen molar-refractivity contribution in [2.75, 3.05) is 5.32 Å². The number of rotatable bonds is 6. The van der Waals surface area contributed by atoms with Crippen LogP contribution in [0.4, 0.5) is 9.52 Å². The van der Waals surface area contributed by atoms with Crippen molar-refractivity contribution in [3.05, 3.63) is 70.4 Å². The molecule has 0 spiro atoms. The zero-order valence-corrected chi connectivity index (χ0v) is 15.6. The minimum atomic E-state index is -0.458. The van der Waals surface area contributed by atoms with Crippen LogP contribution in [0.5, 0.6) is 0 Å². The highest BCUT2D eigenvalue weighted by Gasteiger charge is 2.16. The van der Waals surface area contributed by atoms with Gasteiger partial charge in [0.2, 0.25) is 5.91 Å². The fraction of sp³-hybridized carbons (Fsp3) is 0.211. The molecule has 2 aromatic heterocycles. The van der Waals surface area contributed by atoms with E-state index in [0.29, 0.717) is 27.7 Å². The maximum atomic E-state index is 13.8. The van der Waals surface area contributed by atoms with Crippen molar-refractivity contribution >= 4 is 28.3 Å². The Hall–Kier alpha value is -3.00. The number of hydrogen-bond donors (Lipinski definition) is 2. The van der Waals surface area contributed by atoms with Crippen molar-refractivity contribution in [2.45, 2.75) is 26.3 Å². The first kappa shape index (κ1) is 18.8. The second-order valence-corrected chi connectivity index (χ2v) is 6.83. The summed E-state index contributed by atoms with van der Waals surface area (Å²) in [6.07, 6.45) is 1.48. The maximum Gasteiger partial charge on any atom is 0.260 e. The third-order valence-corrected chi connectivity index (χ3v) is 4.77. The monoisotopic (exact) mass is 387 g/mol. The third-order valence-electron chi connectivity index (χ3n) is 3.97. The third kappa shape index (κ3) is 4.59. The van der Waals surface area contributed by atoms with E-state index in [1.165, 1.54) is 23.7 Å². The van der Waals surface area contributed by atoms with E-state index in [0.717, 1.165) is 0 Å². The van der Waals surface area contributed by atoms with Gasteiger partial charge < -0.3 is 9.73 Å². The number of amides is 2. The number of carbonyl (C=O) groups is 2. The van der Waals surface area contributed by atoms with Crippen LogP contribution >= 0.6 is 11.3 Å². The van der Waals surface area contributed by atoms with E-state index in [4.69, 9.17) is 4.42 Å². The summed E-state index contributed by atoms with van der Waals surface area (Å²) >= 11 is 1.23. The van der Waals surface area contributed by atoms with Crippen molar-refractivity contribution in [3.63, 3.8) is 0 Å². The molecule has 0 aliphatic heterocycles. The van der Waals surface area contributed by atoms with Gasteiger partial charge in [-0.3, -0.25) is 14.9 Å². The molecule has 8 heteroatoms. The Labute approximate surface area is 159 Å². The molecule has 3 rings (SSSR count). The molecule has 140 valence electrons. The van der Waals surface area contributed by atoms with Crippen molar-refractivity contribution in [2.24, 2.45) is 0 Å². The smallest absolute Gasteiger partial charge is 0.260 e. The molecule has 0 bridgehead atoms. The number of anilines is 1. The van der Waals surface area contributed by atoms with Gasteiger partial charge in [0.1, 0.15) is 11.6 Å². The molecule has 0 saturated heterocycles. The zero-order chi connectivity index (χ0) is 19.4. The lowest BCUT2D eigenvalue weighted by Crippen LogP contribution is -2.28. The second-order valence-electron chi connectivity index (χ2n) is 5.98. The number of benzene rings is 1. The van der Waals surface area contributed by atoms with Gasteiger partial charge in [-0.1, -0.05) is 18.2 Å². The molecule has 27 heavy (non-hydrogen) atoms. The molecule has 2 N–H and O–H groups in total. The van der Waals surface area contributed by atoms with Crippen molar-refractivity contribution < 1.29 is 18.4 Å². The molecule has 1 aromatic carbocycles. The minimum absolute atomic E-state index is 0.0376. The van der Waals surface area contributed by atoms with Gasteiger partial charge in [0.15, 0.2) is 5.13 Å². The molecule has 2 heterocycles. The van der Waals surface area contributed by atoms with Crippen LogP contribution in [0.3, 0.4) is 0 Å². The maximum absolute atomic E-state index is 13.8. The molecule has 0 aliphatic rings. The summed E-state index contributed by atoms with van der Waals surface area (Å²) < 4.78 is 18.9. The molecular formula is C19H18FN3O3S. The van der Waals surface area contributed by atoms with Gasteiger partial charge in [-0.15, -0.1) is 11.3 Å². The number of thiazole rings is 1. The van der Waals surface area contributed by atoms with Crippen LogP contribution in [-0.4, -0.2) is 16.8 Å². The summed E-state index contributed by atoms with van der Waals surface area (Å²) in [5.74, 6) is -0.441. The first-order valence-electron chi connectivity index (χ1n) is 8.27. The molecule has 0 fully saturated rings. The van der Waals surface area contributed by atoms with Crippen molar-refractivity contribution in [1.82, 2.24) is 10.3 Å². The Morgan fingerprint density at radius 3 is 2.78 bits per heavy atom. The quantitative estimate of drug-likeness (QED) is 0.673. The summed E-state index contributed by atoms with van der Waals surface area (Å²) in [6, 6.07) is 7.43. The molecule has 2 amide bonds. The molecule has 1 atom stereocenters. The molecule has 3 aromatic rings. The molecule has 0 unspecified atom stereocenters. The molecule has 6 nitrogen and oxygen atoms in total. The Morgan fingerprint density at radius 1 is 1.30 bits per heavy atom. The van der Waals surface area contributed by atoms with Crippen LogP contribution in [0.2, 0.25) is 0 Å². The predicted octanol–water partition coefficient (Wildman–Crippen LogP) is 3.86. The number of furan rings is 1. The van der Waals surface area contributed by atoms with E-state index >= 15 is 0 Å². The van der Waals surface area contributed by atoms with Crippen molar-refractivity contribution in [3.8, 4) is 0 Å². The lowest BCUT2D eigenvalue weighted by Gasteiger charge is -2.14. The number of nitrogens with zero attached hydrogens (tertiary/aromatic N) is 1. The molecular weight excluding hydrogens is 369 g/mol.